The average molecular weight is 526 g/mol. The summed E-state index contributed by atoms with van der Waals surface area (Å²) in [5, 5.41) is 4.45. The molecule has 3 heterocycles. The predicted octanol–water partition coefficient (Wildman–Crippen LogP) is 10.8. The highest BCUT2D eigenvalue weighted by atomic mass is 16.3. The van der Waals surface area contributed by atoms with Crippen LogP contribution < -0.4 is 0 Å². The van der Waals surface area contributed by atoms with Gasteiger partial charge in [-0.3, -0.25) is 0 Å². The van der Waals surface area contributed by atoms with Crippen molar-refractivity contribution in [2.75, 3.05) is 0 Å². The van der Waals surface area contributed by atoms with E-state index < -0.39 is 0 Å². The van der Waals surface area contributed by atoms with Gasteiger partial charge in [0.25, 0.3) is 0 Å². The molecule has 0 aliphatic carbocycles. The molecule has 0 aliphatic heterocycles. The summed E-state index contributed by atoms with van der Waals surface area (Å²) >= 11 is 0. The van der Waals surface area contributed by atoms with Crippen molar-refractivity contribution in [3.63, 3.8) is 0 Å². The Hall–Kier alpha value is -5.54. The monoisotopic (exact) mass is 525 g/mol. The topological polar surface area (TPSA) is 31.2 Å². The summed E-state index contributed by atoms with van der Waals surface area (Å²) in [6.07, 6.45) is 0. The van der Waals surface area contributed by atoms with E-state index in [9.17, 15) is 0 Å². The normalized spacial score (nSPS) is 11.9. The van der Waals surface area contributed by atoms with Gasteiger partial charge >= 0.3 is 0 Å². The molecule has 3 heteroatoms. The molecule has 41 heavy (non-hydrogen) atoms. The van der Waals surface area contributed by atoms with Crippen LogP contribution in [-0.4, -0.2) is 4.57 Å². The van der Waals surface area contributed by atoms with Crippen molar-refractivity contribution in [3.8, 4) is 27.9 Å². The van der Waals surface area contributed by atoms with Crippen molar-refractivity contribution in [2.45, 2.75) is 0 Å². The Kier molecular flexibility index (Phi) is 4.61. The first-order valence-corrected chi connectivity index (χ1v) is 13.9. The van der Waals surface area contributed by atoms with Crippen molar-refractivity contribution >= 4 is 54.9 Å². The van der Waals surface area contributed by atoms with E-state index >= 15 is 0 Å². The number of para-hydroxylation sites is 3. The van der Waals surface area contributed by atoms with Gasteiger partial charge in [-0.2, -0.15) is 0 Å². The van der Waals surface area contributed by atoms with Gasteiger partial charge in [-0.05, 0) is 59.2 Å². The van der Waals surface area contributed by atoms with Gasteiger partial charge in [-0.15, -0.1) is 0 Å². The SMILES string of the molecule is c1ccc(-c2cccc3c2oc2cccc(-c4ccc5oc6c7ccccc7n(-c7ccccc7)c6c5c4)c23)cc1. The summed E-state index contributed by atoms with van der Waals surface area (Å²) in [5.41, 5.74) is 11.5. The van der Waals surface area contributed by atoms with Gasteiger partial charge in [-0.1, -0.05) is 97.1 Å². The number of furan rings is 2. The molecule has 3 aromatic heterocycles. The standard InChI is InChI=1S/C38H23NO2/c1-3-11-24(12-4-1)28-17-9-18-30-35-27(16-10-20-34(35)41-37(28)30)25-21-22-33-31(23-25)36-38(40-33)29-15-7-8-19-32(29)39(36)26-13-5-2-6-14-26/h1-23H. The molecular weight excluding hydrogens is 502 g/mol. The third-order valence-corrected chi connectivity index (χ3v) is 8.21. The van der Waals surface area contributed by atoms with Crippen molar-refractivity contribution in [1.29, 1.82) is 0 Å². The van der Waals surface area contributed by atoms with E-state index in [0.717, 1.165) is 82.9 Å². The Bertz CT molecular complexity index is 2410. The molecule has 9 rings (SSSR count). The van der Waals surface area contributed by atoms with Gasteiger partial charge in [0, 0.05) is 32.8 Å². The molecule has 0 aliphatic rings. The number of aromatic nitrogens is 1. The van der Waals surface area contributed by atoms with E-state index in [1.54, 1.807) is 0 Å². The molecule has 0 fully saturated rings. The molecule has 0 saturated carbocycles. The largest absolute Gasteiger partial charge is 0.455 e. The molecule has 0 unspecified atom stereocenters. The van der Waals surface area contributed by atoms with Crippen LogP contribution in [0.4, 0.5) is 0 Å². The Morgan fingerprint density at radius 3 is 2.02 bits per heavy atom. The molecule has 0 N–H and O–H groups in total. The highest BCUT2D eigenvalue weighted by Gasteiger charge is 2.21. The zero-order chi connectivity index (χ0) is 26.9. The molecule has 3 nitrogen and oxygen atoms in total. The zero-order valence-corrected chi connectivity index (χ0v) is 22.0. The van der Waals surface area contributed by atoms with Crippen LogP contribution in [-0.2, 0) is 0 Å². The van der Waals surface area contributed by atoms with Crippen LogP contribution in [0.25, 0.3) is 82.9 Å². The Morgan fingerprint density at radius 1 is 0.439 bits per heavy atom. The predicted molar refractivity (Wildman–Crippen MR) is 169 cm³/mol. The minimum atomic E-state index is 0.879. The van der Waals surface area contributed by atoms with Crippen molar-refractivity contribution in [2.24, 2.45) is 0 Å². The summed E-state index contributed by atoms with van der Waals surface area (Å²) in [4.78, 5) is 0. The second kappa shape index (κ2) is 8.48. The third kappa shape index (κ3) is 3.20. The minimum absolute atomic E-state index is 0.879. The number of hydrogen-bond donors (Lipinski definition) is 0. The highest BCUT2D eigenvalue weighted by molar-refractivity contribution is 6.19. The molecule has 0 amide bonds. The van der Waals surface area contributed by atoms with E-state index in [2.05, 4.69) is 138 Å². The summed E-state index contributed by atoms with van der Waals surface area (Å²) in [6.45, 7) is 0. The van der Waals surface area contributed by atoms with Crippen molar-refractivity contribution < 1.29 is 8.83 Å². The van der Waals surface area contributed by atoms with E-state index in [0.29, 0.717) is 0 Å². The number of nitrogens with zero attached hydrogens (tertiary/aromatic N) is 1. The summed E-state index contributed by atoms with van der Waals surface area (Å²) in [5.74, 6) is 0. The highest BCUT2D eigenvalue weighted by Crippen LogP contribution is 2.43. The fourth-order valence-electron chi connectivity index (χ4n) is 6.42. The Balaban J connectivity index is 1.33. The molecule has 0 radical (unpaired) electrons. The van der Waals surface area contributed by atoms with Crippen LogP contribution in [0.3, 0.4) is 0 Å². The van der Waals surface area contributed by atoms with E-state index in [1.165, 1.54) is 0 Å². The lowest BCUT2D eigenvalue weighted by atomic mass is 9.97. The van der Waals surface area contributed by atoms with Crippen LogP contribution in [0.15, 0.2) is 148 Å². The fraction of sp³-hybridized carbons (Fsp3) is 0. The number of hydrogen-bond acceptors (Lipinski definition) is 2. The van der Waals surface area contributed by atoms with Gasteiger partial charge in [0.1, 0.15) is 22.3 Å². The lowest BCUT2D eigenvalue weighted by Gasteiger charge is -2.08. The van der Waals surface area contributed by atoms with E-state index in [1.807, 2.05) is 6.07 Å². The van der Waals surface area contributed by atoms with Gasteiger partial charge in [0.05, 0.1) is 5.52 Å². The van der Waals surface area contributed by atoms with Gasteiger partial charge in [0.2, 0.25) is 0 Å². The first kappa shape index (κ1) is 22.3. The van der Waals surface area contributed by atoms with Crippen LogP contribution in [0.1, 0.15) is 0 Å². The lowest BCUT2D eigenvalue weighted by molar-refractivity contribution is 0.670. The van der Waals surface area contributed by atoms with Crippen LogP contribution in [0.5, 0.6) is 0 Å². The fourth-order valence-corrected chi connectivity index (χ4v) is 6.42. The van der Waals surface area contributed by atoms with Gasteiger partial charge in [0.15, 0.2) is 5.58 Å². The first-order valence-electron chi connectivity index (χ1n) is 13.9. The van der Waals surface area contributed by atoms with Gasteiger partial charge in [-0.25, -0.2) is 0 Å². The molecular formula is C38H23NO2. The molecule has 6 aromatic carbocycles. The van der Waals surface area contributed by atoms with Gasteiger partial charge < -0.3 is 13.4 Å². The van der Waals surface area contributed by atoms with E-state index in [-0.39, 0.29) is 0 Å². The Labute approximate surface area is 235 Å². The smallest absolute Gasteiger partial charge is 0.161 e. The number of benzene rings is 6. The maximum absolute atomic E-state index is 6.54. The Morgan fingerprint density at radius 2 is 1.15 bits per heavy atom. The number of fused-ring (bicyclic) bond motifs is 8. The summed E-state index contributed by atoms with van der Waals surface area (Å²) < 4.78 is 15.4. The minimum Gasteiger partial charge on any atom is -0.455 e. The maximum Gasteiger partial charge on any atom is 0.161 e. The first-order chi connectivity index (χ1) is 20.3. The van der Waals surface area contributed by atoms with Crippen LogP contribution in [0.2, 0.25) is 0 Å². The third-order valence-electron chi connectivity index (χ3n) is 8.21. The van der Waals surface area contributed by atoms with Crippen molar-refractivity contribution in [1.82, 2.24) is 4.57 Å². The van der Waals surface area contributed by atoms with Crippen molar-refractivity contribution in [3.05, 3.63) is 140 Å². The second-order valence-corrected chi connectivity index (χ2v) is 10.5. The zero-order valence-electron chi connectivity index (χ0n) is 22.0. The summed E-state index contributed by atoms with van der Waals surface area (Å²) in [7, 11) is 0. The molecule has 0 saturated heterocycles. The quantitative estimate of drug-likeness (QED) is 0.230. The van der Waals surface area contributed by atoms with Crippen LogP contribution >= 0.6 is 0 Å². The maximum atomic E-state index is 6.54. The average Bonchev–Trinajstić information content (AvgIpc) is 3.70. The second-order valence-electron chi connectivity index (χ2n) is 10.5. The lowest BCUT2D eigenvalue weighted by Crippen LogP contribution is -1.92. The molecule has 0 bridgehead atoms. The molecule has 0 atom stereocenters. The summed E-state index contributed by atoms with van der Waals surface area (Å²) in [6, 6.07) is 48.7. The number of rotatable bonds is 3. The molecule has 192 valence electrons. The molecule has 0 spiro atoms. The van der Waals surface area contributed by atoms with E-state index in [4.69, 9.17) is 8.83 Å². The molecule has 9 aromatic rings. The van der Waals surface area contributed by atoms with Crippen LogP contribution in [0, 0.1) is 0 Å².